The number of aromatic nitrogens is 1. The minimum absolute atomic E-state index is 0.143. The topological polar surface area (TPSA) is 108 Å². The Morgan fingerprint density at radius 1 is 1.34 bits per heavy atom. The molecule has 32 heavy (non-hydrogen) atoms. The second kappa shape index (κ2) is 9.34. The maximum atomic E-state index is 12.6. The van der Waals surface area contributed by atoms with Crippen molar-refractivity contribution >= 4 is 29.1 Å². The Morgan fingerprint density at radius 2 is 2.12 bits per heavy atom. The molecule has 0 atom stereocenters. The number of nitriles is 1. The van der Waals surface area contributed by atoms with E-state index in [1.807, 2.05) is 16.7 Å². The summed E-state index contributed by atoms with van der Waals surface area (Å²) in [5.74, 6) is 1.53. The van der Waals surface area contributed by atoms with Crippen molar-refractivity contribution < 1.29 is 18.4 Å². The van der Waals surface area contributed by atoms with E-state index >= 15 is 0 Å². The van der Waals surface area contributed by atoms with Crippen LogP contribution < -0.4 is 15.0 Å². The summed E-state index contributed by atoms with van der Waals surface area (Å²) in [7, 11) is 1.53. The van der Waals surface area contributed by atoms with Gasteiger partial charge in [-0.2, -0.15) is 10.2 Å². The van der Waals surface area contributed by atoms with E-state index in [-0.39, 0.29) is 24.0 Å². The van der Waals surface area contributed by atoms with Gasteiger partial charge in [0.15, 0.2) is 5.76 Å². The zero-order valence-corrected chi connectivity index (χ0v) is 18.5. The predicted octanol–water partition coefficient (Wildman–Crippen LogP) is 3.54. The number of piperazine rings is 1. The van der Waals surface area contributed by atoms with E-state index < -0.39 is 0 Å². The van der Waals surface area contributed by atoms with Gasteiger partial charge in [0.1, 0.15) is 11.8 Å². The number of amides is 1. The fourth-order valence-electron chi connectivity index (χ4n) is 3.54. The summed E-state index contributed by atoms with van der Waals surface area (Å²) in [5, 5.41) is 12.9. The zero-order chi connectivity index (χ0) is 22.7. The van der Waals surface area contributed by atoms with E-state index in [9.17, 15) is 10.1 Å². The van der Waals surface area contributed by atoms with Crippen molar-refractivity contribution in [2.75, 3.05) is 50.1 Å². The van der Waals surface area contributed by atoms with Gasteiger partial charge in [0, 0.05) is 37.3 Å². The molecule has 0 aliphatic carbocycles. The number of rotatable bonds is 6. The average molecular weight is 456 g/mol. The first-order valence-corrected chi connectivity index (χ1v) is 10.4. The molecule has 3 heterocycles. The standard InChI is InChI=1S/C22H22ClN5O4/c1-14-10-16(19(30-2)11-15(14)23)25-20(29)13-27-5-7-28(8-6-27)22-17(12-24)26-21(32-22)18-4-3-9-31-18/h3-4,9-11H,5-8,13H2,1-2H3,(H,25,29). The Kier molecular flexibility index (Phi) is 6.35. The average Bonchev–Trinajstić information content (AvgIpc) is 3.46. The molecule has 9 nitrogen and oxygen atoms in total. The largest absolute Gasteiger partial charge is 0.495 e. The van der Waals surface area contributed by atoms with Crippen LogP contribution in [0.5, 0.6) is 5.75 Å². The number of anilines is 2. The summed E-state index contributed by atoms with van der Waals surface area (Å²) in [4.78, 5) is 20.8. The number of oxazole rings is 1. The number of hydrogen-bond acceptors (Lipinski definition) is 8. The Balaban J connectivity index is 1.36. The molecule has 1 fully saturated rings. The van der Waals surface area contributed by atoms with Crippen molar-refractivity contribution in [3.8, 4) is 23.5 Å². The first kappa shape index (κ1) is 21.7. The maximum absolute atomic E-state index is 12.6. The van der Waals surface area contributed by atoms with Crippen molar-refractivity contribution in [1.29, 1.82) is 5.26 Å². The lowest BCUT2D eigenvalue weighted by atomic mass is 10.2. The molecule has 3 aromatic rings. The lowest BCUT2D eigenvalue weighted by Crippen LogP contribution is -2.48. The number of nitrogens with one attached hydrogen (secondary N) is 1. The first-order valence-electron chi connectivity index (χ1n) is 10.0. The zero-order valence-electron chi connectivity index (χ0n) is 17.7. The Hall–Kier alpha value is -3.48. The fourth-order valence-corrected chi connectivity index (χ4v) is 3.69. The summed E-state index contributed by atoms with van der Waals surface area (Å²) in [6.45, 7) is 4.55. The van der Waals surface area contributed by atoms with Gasteiger partial charge in [0.2, 0.25) is 17.5 Å². The van der Waals surface area contributed by atoms with Crippen LogP contribution in [0.2, 0.25) is 5.02 Å². The number of halogens is 1. The van der Waals surface area contributed by atoms with Gasteiger partial charge in [-0.1, -0.05) is 11.6 Å². The minimum atomic E-state index is -0.143. The van der Waals surface area contributed by atoms with E-state index in [2.05, 4.69) is 16.4 Å². The molecule has 10 heteroatoms. The van der Waals surface area contributed by atoms with Gasteiger partial charge in [0.25, 0.3) is 5.89 Å². The number of carbonyl (C=O) groups excluding carboxylic acids is 1. The second-order valence-electron chi connectivity index (χ2n) is 7.37. The number of hydrogen-bond donors (Lipinski definition) is 1. The van der Waals surface area contributed by atoms with Crippen molar-refractivity contribution in [1.82, 2.24) is 9.88 Å². The maximum Gasteiger partial charge on any atom is 0.266 e. The highest BCUT2D eigenvalue weighted by Gasteiger charge is 2.26. The van der Waals surface area contributed by atoms with Crippen molar-refractivity contribution in [2.45, 2.75) is 6.92 Å². The van der Waals surface area contributed by atoms with Crippen LogP contribution in [-0.4, -0.2) is 55.6 Å². The van der Waals surface area contributed by atoms with Gasteiger partial charge < -0.3 is 23.8 Å². The third kappa shape index (κ3) is 4.56. The van der Waals surface area contributed by atoms with E-state index in [4.69, 9.17) is 25.2 Å². The van der Waals surface area contributed by atoms with Crippen LogP contribution in [-0.2, 0) is 4.79 Å². The molecule has 1 aliphatic heterocycles. The van der Waals surface area contributed by atoms with Crippen molar-refractivity contribution in [2.24, 2.45) is 0 Å². The molecule has 0 unspecified atom stereocenters. The lowest BCUT2D eigenvalue weighted by molar-refractivity contribution is -0.117. The highest BCUT2D eigenvalue weighted by molar-refractivity contribution is 6.31. The molecule has 1 N–H and O–H groups in total. The Morgan fingerprint density at radius 3 is 2.78 bits per heavy atom. The Bertz CT molecular complexity index is 1140. The number of methoxy groups -OCH3 is 1. The quantitative estimate of drug-likeness (QED) is 0.601. The van der Waals surface area contributed by atoms with Crippen molar-refractivity contribution in [3.63, 3.8) is 0 Å². The third-order valence-corrected chi connectivity index (χ3v) is 5.64. The van der Waals surface area contributed by atoms with Gasteiger partial charge in [-0.25, -0.2) is 0 Å². The van der Waals surface area contributed by atoms with Gasteiger partial charge >= 0.3 is 0 Å². The minimum Gasteiger partial charge on any atom is -0.495 e. The summed E-state index contributed by atoms with van der Waals surface area (Å²) >= 11 is 6.13. The van der Waals surface area contributed by atoms with Crippen LogP contribution in [0, 0.1) is 18.3 Å². The van der Waals surface area contributed by atoms with Gasteiger partial charge in [-0.3, -0.25) is 9.69 Å². The highest BCUT2D eigenvalue weighted by Crippen LogP contribution is 2.31. The molecule has 1 aliphatic rings. The fraction of sp³-hybridized carbons (Fsp3) is 0.318. The first-order chi connectivity index (χ1) is 15.5. The van der Waals surface area contributed by atoms with Gasteiger partial charge in [-0.05, 0) is 30.7 Å². The monoisotopic (exact) mass is 455 g/mol. The van der Waals surface area contributed by atoms with E-state index in [1.165, 1.54) is 13.4 Å². The van der Waals surface area contributed by atoms with Crippen LogP contribution in [0.4, 0.5) is 11.6 Å². The molecular formula is C22H22ClN5O4. The molecule has 0 saturated carbocycles. The van der Waals surface area contributed by atoms with Crippen LogP contribution >= 0.6 is 11.6 Å². The van der Waals surface area contributed by atoms with Gasteiger partial charge in [-0.15, -0.1) is 0 Å². The molecular weight excluding hydrogens is 434 g/mol. The normalized spacial score (nSPS) is 14.2. The molecule has 1 aromatic carbocycles. The number of furan rings is 1. The number of carbonyl (C=O) groups is 1. The summed E-state index contributed by atoms with van der Waals surface area (Å²) in [6.07, 6.45) is 1.52. The van der Waals surface area contributed by atoms with Crippen LogP contribution in [0.15, 0.2) is 39.4 Å². The number of aryl methyl sites for hydroxylation is 1. The highest BCUT2D eigenvalue weighted by atomic mass is 35.5. The van der Waals surface area contributed by atoms with E-state index in [0.717, 1.165) is 5.56 Å². The third-order valence-electron chi connectivity index (χ3n) is 5.23. The molecule has 2 aromatic heterocycles. The SMILES string of the molecule is COc1cc(Cl)c(C)cc1NC(=O)CN1CCN(c2oc(-c3ccco3)nc2C#N)CC1. The van der Waals surface area contributed by atoms with Gasteiger partial charge in [0.05, 0.1) is 25.6 Å². The molecule has 1 amide bonds. The predicted molar refractivity (Wildman–Crippen MR) is 119 cm³/mol. The molecule has 4 rings (SSSR count). The molecule has 1 saturated heterocycles. The van der Waals surface area contributed by atoms with Crippen molar-refractivity contribution in [3.05, 3.63) is 46.8 Å². The number of ether oxygens (including phenoxy) is 1. The van der Waals surface area contributed by atoms with Crippen LogP contribution in [0.3, 0.4) is 0 Å². The second-order valence-corrected chi connectivity index (χ2v) is 7.78. The summed E-state index contributed by atoms with van der Waals surface area (Å²) in [6, 6.07) is 9.02. The van der Waals surface area contributed by atoms with E-state index in [1.54, 1.807) is 24.3 Å². The summed E-state index contributed by atoms with van der Waals surface area (Å²) in [5.41, 5.74) is 1.65. The van der Waals surface area contributed by atoms with Crippen LogP contribution in [0.25, 0.3) is 11.7 Å². The lowest BCUT2D eigenvalue weighted by Gasteiger charge is -2.34. The number of benzene rings is 1. The van der Waals surface area contributed by atoms with Crippen LogP contribution in [0.1, 0.15) is 11.3 Å². The molecule has 0 radical (unpaired) electrons. The number of nitrogens with zero attached hydrogens (tertiary/aromatic N) is 4. The van der Waals surface area contributed by atoms with E-state index in [0.29, 0.717) is 54.3 Å². The smallest absolute Gasteiger partial charge is 0.266 e. The summed E-state index contributed by atoms with van der Waals surface area (Å²) < 4.78 is 16.4. The molecule has 0 bridgehead atoms. The molecule has 166 valence electrons. The Labute approximate surface area is 190 Å². The molecule has 0 spiro atoms.